The van der Waals surface area contributed by atoms with Gasteiger partial charge in [-0.05, 0) is 52.6 Å². The van der Waals surface area contributed by atoms with Crippen molar-refractivity contribution in [3.05, 3.63) is 49.2 Å². The smallest absolute Gasteiger partial charge is 0.138 e. The van der Waals surface area contributed by atoms with Crippen molar-refractivity contribution < 1.29 is 4.39 Å². The first-order chi connectivity index (χ1) is 9.60. The Labute approximate surface area is 138 Å². The Morgan fingerprint density at radius 2 is 2.25 bits per heavy atom. The van der Waals surface area contributed by atoms with Crippen LogP contribution in [0.2, 0.25) is 0 Å². The van der Waals surface area contributed by atoms with Gasteiger partial charge in [0, 0.05) is 10.9 Å². The summed E-state index contributed by atoms with van der Waals surface area (Å²) in [5.41, 5.74) is 2.83. The molecule has 3 rings (SSSR count). The van der Waals surface area contributed by atoms with E-state index in [2.05, 4.69) is 23.4 Å². The lowest BCUT2D eigenvalue weighted by molar-refractivity contribution is 0.621. The molecule has 0 radical (unpaired) electrons. The second-order valence-corrected chi connectivity index (χ2v) is 6.96. The number of hydrogen-bond donors (Lipinski definition) is 0. The van der Waals surface area contributed by atoms with Gasteiger partial charge in [-0.15, -0.1) is 22.9 Å². The van der Waals surface area contributed by atoms with Gasteiger partial charge in [0.2, 0.25) is 0 Å². The van der Waals surface area contributed by atoms with Crippen LogP contribution in [0, 0.1) is 16.3 Å². The van der Waals surface area contributed by atoms with Crippen LogP contribution < -0.4 is 0 Å². The van der Waals surface area contributed by atoms with Gasteiger partial charge in [0.1, 0.15) is 11.6 Å². The molecule has 6 heteroatoms. The summed E-state index contributed by atoms with van der Waals surface area (Å²) in [6.07, 6.45) is 0. The molecular formula is C14H11ClFIN2S. The van der Waals surface area contributed by atoms with Crippen molar-refractivity contribution in [2.75, 3.05) is 0 Å². The number of aryl methyl sites for hydroxylation is 1. The fourth-order valence-corrected chi connectivity index (χ4v) is 3.71. The summed E-state index contributed by atoms with van der Waals surface area (Å²) in [7, 11) is 0. The monoisotopic (exact) mass is 420 g/mol. The third-order valence-corrected chi connectivity index (χ3v) is 5.33. The first kappa shape index (κ1) is 14.3. The van der Waals surface area contributed by atoms with Gasteiger partial charge < -0.3 is 4.57 Å². The van der Waals surface area contributed by atoms with E-state index in [1.165, 1.54) is 10.4 Å². The summed E-state index contributed by atoms with van der Waals surface area (Å²) in [6.45, 7) is 2.76. The maximum atomic E-state index is 13.8. The molecule has 0 N–H and O–H groups in total. The van der Waals surface area contributed by atoms with Crippen LogP contribution in [0.3, 0.4) is 0 Å². The molecule has 1 aromatic carbocycles. The van der Waals surface area contributed by atoms with E-state index in [1.54, 1.807) is 23.5 Å². The van der Waals surface area contributed by atoms with Gasteiger partial charge in [-0.25, -0.2) is 9.37 Å². The maximum absolute atomic E-state index is 13.8. The van der Waals surface area contributed by atoms with Crippen LogP contribution in [0.4, 0.5) is 4.39 Å². The molecule has 20 heavy (non-hydrogen) atoms. The molecule has 2 heterocycles. The number of halogens is 3. The Kier molecular flexibility index (Phi) is 4.01. The number of thiophene rings is 1. The average Bonchev–Trinajstić information content (AvgIpc) is 2.96. The number of fused-ring (bicyclic) bond motifs is 1. The number of rotatable bonds is 3. The minimum Gasteiger partial charge on any atom is -0.322 e. The molecular weight excluding hydrogens is 410 g/mol. The summed E-state index contributed by atoms with van der Waals surface area (Å²) in [4.78, 5) is 5.75. The maximum Gasteiger partial charge on any atom is 0.138 e. The predicted molar refractivity (Wildman–Crippen MR) is 90.1 cm³/mol. The van der Waals surface area contributed by atoms with E-state index in [1.807, 2.05) is 27.2 Å². The van der Waals surface area contributed by atoms with Crippen molar-refractivity contribution in [1.82, 2.24) is 9.55 Å². The molecule has 0 saturated heterocycles. The molecule has 0 saturated carbocycles. The first-order valence-electron chi connectivity index (χ1n) is 6.03. The molecule has 0 aliphatic rings. The van der Waals surface area contributed by atoms with Gasteiger partial charge >= 0.3 is 0 Å². The largest absolute Gasteiger partial charge is 0.322 e. The quantitative estimate of drug-likeness (QED) is 0.434. The van der Waals surface area contributed by atoms with E-state index in [0.717, 1.165) is 16.9 Å². The molecule has 2 aromatic heterocycles. The molecule has 0 spiro atoms. The van der Waals surface area contributed by atoms with E-state index in [0.29, 0.717) is 16.0 Å². The van der Waals surface area contributed by atoms with Gasteiger partial charge in [0.25, 0.3) is 0 Å². The standard InChI is InChI=1S/C14H11ClFIN2S/c1-8-2-3-20-13(8)7-19-12-4-9(16)10(17)5-11(12)18-14(19)6-15/h2-5H,6-7H2,1H3. The highest BCUT2D eigenvalue weighted by Crippen LogP contribution is 2.25. The first-order valence-corrected chi connectivity index (χ1v) is 8.52. The summed E-state index contributed by atoms with van der Waals surface area (Å²) >= 11 is 9.66. The highest BCUT2D eigenvalue weighted by atomic mass is 127. The molecule has 0 bridgehead atoms. The number of imidazole rings is 1. The Balaban J connectivity index is 2.17. The van der Waals surface area contributed by atoms with E-state index in [-0.39, 0.29) is 5.82 Å². The molecule has 0 atom stereocenters. The Bertz CT molecular complexity index is 781. The number of benzene rings is 1. The van der Waals surface area contributed by atoms with Crippen LogP contribution in [0.5, 0.6) is 0 Å². The van der Waals surface area contributed by atoms with Crippen molar-refractivity contribution in [2.45, 2.75) is 19.3 Å². The van der Waals surface area contributed by atoms with E-state index in [9.17, 15) is 4.39 Å². The zero-order chi connectivity index (χ0) is 14.3. The highest BCUT2D eigenvalue weighted by Gasteiger charge is 2.14. The lowest BCUT2D eigenvalue weighted by Crippen LogP contribution is -2.03. The van der Waals surface area contributed by atoms with Gasteiger partial charge in [0.15, 0.2) is 0 Å². The third kappa shape index (κ3) is 2.46. The van der Waals surface area contributed by atoms with Gasteiger partial charge in [0.05, 0.1) is 27.0 Å². The van der Waals surface area contributed by atoms with E-state index in [4.69, 9.17) is 11.6 Å². The lowest BCUT2D eigenvalue weighted by atomic mass is 10.2. The summed E-state index contributed by atoms with van der Waals surface area (Å²) in [5.74, 6) is 0.872. The SMILES string of the molecule is Cc1ccsc1Cn1c(CCl)nc2cc(I)c(F)cc21. The number of aromatic nitrogens is 2. The molecule has 2 nitrogen and oxygen atoms in total. The molecule has 0 fully saturated rings. The van der Waals surface area contributed by atoms with Crippen LogP contribution in [-0.4, -0.2) is 9.55 Å². The highest BCUT2D eigenvalue weighted by molar-refractivity contribution is 14.1. The van der Waals surface area contributed by atoms with Crippen molar-refractivity contribution >= 4 is 56.6 Å². The predicted octanol–water partition coefficient (Wildman–Crippen LogP) is 4.94. The molecule has 0 aliphatic heterocycles. The second-order valence-electron chi connectivity index (χ2n) is 4.53. The number of alkyl halides is 1. The molecule has 0 unspecified atom stereocenters. The normalized spacial score (nSPS) is 11.4. The number of nitrogens with zero attached hydrogens (tertiary/aromatic N) is 2. The molecule has 3 aromatic rings. The molecule has 0 amide bonds. The minimum atomic E-state index is -0.219. The van der Waals surface area contributed by atoms with E-state index >= 15 is 0 Å². The fraction of sp³-hybridized carbons (Fsp3) is 0.214. The summed E-state index contributed by atoms with van der Waals surface area (Å²) < 4.78 is 16.4. The van der Waals surface area contributed by atoms with Gasteiger partial charge in [-0.2, -0.15) is 0 Å². The summed E-state index contributed by atoms with van der Waals surface area (Å²) in [6, 6.07) is 5.39. The van der Waals surface area contributed by atoms with Crippen molar-refractivity contribution in [3.8, 4) is 0 Å². The third-order valence-electron chi connectivity index (χ3n) is 3.26. The van der Waals surface area contributed by atoms with Crippen molar-refractivity contribution in [2.24, 2.45) is 0 Å². The Morgan fingerprint density at radius 3 is 2.90 bits per heavy atom. The van der Waals surface area contributed by atoms with Crippen LogP contribution in [0.25, 0.3) is 11.0 Å². The Hall–Kier alpha value is -0.660. The van der Waals surface area contributed by atoms with Crippen LogP contribution in [0.1, 0.15) is 16.3 Å². The number of hydrogen-bond acceptors (Lipinski definition) is 2. The molecule has 104 valence electrons. The van der Waals surface area contributed by atoms with Crippen LogP contribution in [0.15, 0.2) is 23.6 Å². The van der Waals surface area contributed by atoms with E-state index < -0.39 is 0 Å². The average molecular weight is 421 g/mol. The molecule has 0 aliphatic carbocycles. The van der Waals surface area contributed by atoms with Crippen molar-refractivity contribution in [3.63, 3.8) is 0 Å². The van der Waals surface area contributed by atoms with Crippen molar-refractivity contribution in [1.29, 1.82) is 0 Å². The van der Waals surface area contributed by atoms with Gasteiger partial charge in [-0.3, -0.25) is 0 Å². The zero-order valence-electron chi connectivity index (χ0n) is 10.7. The topological polar surface area (TPSA) is 17.8 Å². The summed E-state index contributed by atoms with van der Waals surface area (Å²) in [5, 5.41) is 2.06. The lowest BCUT2D eigenvalue weighted by Gasteiger charge is -2.07. The van der Waals surface area contributed by atoms with Crippen LogP contribution >= 0.6 is 45.5 Å². The second kappa shape index (κ2) is 5.61. The Morgan fingerprint density at radius 1 is 1.45 bits per heavy atom. The van der Waals surface area contributed by atoms with Crippen LogP contribution in [-0.2, 0) is 12.4 Å². The minimum absolute atomic E-state index is 0.219. The fourth-order valence-electron chi connectivity index (χ4n) is 2.16. The zero-order valence-corrected chi connectivity index (χ0v) is 14.4. The van der Waals surface area contributed by atoms with Gasteiger partial charge in [-0.1, -0.05) is 0 Å².